The number of nitrogens with one attached hydrogen (secondary N) is 1. The molecule has 0 saturated carbocycles. The summed E-state index contributed by atoms with van der Waals surface area (Å²) in [5.74, 6) is -0.322. The number of carbonyl (C=O) groups excluding carboxylic acids is 1. The molecule has 6 nitrogen and oxygen atoms in total. The zero-order valence-electron chi connectivity index (χ0n) is 11.8. The number of sulfonamides is 1. The van der Waals surface area contributed by atoms with E-state index in [-0.39, 0.29) is 21.1 Å². The fourth-order valence-corrected chi connectivity index (χ4v) is 2.84. The van der Waals surface area contributed by atoms with E-state index in [0.29, 0.717) is 18.5 Å². The lowest BCUT2D eigenvalue weighted by Crippen LogP contribution is -2.25. The van der Waals surface area contributed by atoms with Gasteiger partial charge >= 0.3 is 0 Å². The first-order valence-electron chi connectivity index (χ1n) is 6.49. The van der Waals surface area contributed by atoms with E-state index in [1.54, 1.807) is 12.1 Å². The van der Waals surface area contributed by atoms with Gasteiger partial charge in [-0.1, -0.05) is 35.3 Å². The third-order valence-corrected chi connectivity index (χ3v) is 4.29. The Morgan fingerprint density at radius 3 is 2.22 bits per heavy atom. The van der Waals surface area contributed by atoms with Crippen molar-refractivity contribution < 1.29 is 13.2 Å². The Morgan fingerprint density at radius 2 is 1.70 bits per heavy atom. The van der Waals surface area contributed by atoms with E-state index in [4.69, 9.17) is 28.3 Å². The van der Waals surface area contributed by atoms with Gasteiger partial charge in [0.1, 0.15) is 10.3 Å². The van der Waals surface area contributed by atoms with E-state index in [9.17, 15) is 13.2 Å². The van der Waals surface area contributed by atoms with Crippen LogP contribution < -0.4 is 10.5 Å². The maximum absolute atomic E-state index is 12.0. The lowest BCUT2D eigenvalue weighted by molar-refractivity contribution is 0.0954. The second-order valence-electron chi connectivity index (χ2n) is 4.70. The quantitative estimate of drug-likeness (QED) is 0.782. The van der Waals surface area contributed by atoms with Crippen LogP contribution in [0.3, 0.4) is 0 Å². The van der Waals surface area contributed by atoms with Gasteiger partial charge in [-0.3, -0.25) is 4.79 Å². The minimum atomic E-state index is -3.70. The van der Waals surface area contributed by atoms with E-state index in [2.05, 4.69) is 10.3 Å². The van der Waals surface area contributed by atoms with Gasteiger partial charge in [-0.25, -0.2) is 18.5 Å². The first kappa shape index (κ1) is 17.7. The number of halogens is 2. The van der Waals surface area contributed by atoms with Gasteiger partial charge in [0, 0.05) is 12.1 Å². The average Bonchev–Trinajstić information content (AvgIpc) is 2.45. The average molecular weight is 374 g/mol. The number of primary sulfonamides is 1. The molecule has 9 heteroatoms. The molecular weight excluding hydrogens is 361 g/mol. The Hall–Kier alpha value is -1.67. The summed E-state index contributed by atoms with van der Waals surface area (Å²) in [7, 11) is -3.70. The SMILES string of the molecule is NS(=O)(=O)c1ccc(CCNC(=O)c2cc(Cl)nc(Cl)c2)cc1. The number of nitrogens with zero attached hydrogens (tertiary/aromatic N) is 1. The van der Waals surface area contributed by atoms with Crippen molar-refractivity contribution in [3.63, 3.8) is 0 Å². The molecule has 0 aliphatic carbocycles. The molecule has 1 amide bonds. The maximum Gasteiger partial charge on any atom is 0.251 e. The molecule has 0 unspecified atom stereocenters. The summed E-state index contributed by atoms with van der Waals surface area (Å²) in [5, 5.41) is 8.02. The van der Waals surface area contributed by atoms with Crippen LogP contribution in [-0.4, -0.2) is 25.9 Å². The molecule has 2 rings (SSSR count). The number of nitrogens with two attached hydrogens (primary N) is 1. The second-order valence-corrected chi connectivity index (χ2v) is 7.03. The summed E-state index contributed by atoms with van der Waals surface area (Å²) >= 11 is 11.5. The van der Waals surface area contributed by atoms with E-state index in [1.165, 1.54) is 24.3 Å². The molecule has 122 valence electrons. The Labute approximate surface area is 143 Å². The molecule has 0 aliphatic heterocycles. The van der Waals surface area contributed by atoms with Crippen LogP contribution in [0, 0.1) is 0 Å². The molecule has 1 aromatic heterocycles. The molecule has 3 N–H and O–H groups in total. The lowest BCUT2D eigenvalue weighted by Gasteiger charge is -2.07. The number of benzene rings is 1. The number of rotatable bonds is 5. The lowest BCUT2D eigenvalue weighted by atomic mass is 10.1. The van der Waals surface area contributed by atoms with E-state index >= 15 is 0 Å². The van der Waals surface area contributed by atoms with Crippen molar-refractivity contribution in [2.75, 3.05) is 6.54 Å². The minimum absolute atomic E-state index is 0.0476. The Kier molecular flexibility index (Phi) is 5.59. The molecule has 0 saturated heterocycles. The van der Waals surface area contributed by atoms with Crippen LogP contribution in [0.5, 0.6) is 0 Å². The third kappa shape index (κ3) is 5.18. The van der Waals surface area contributed by atoms with Gasteiger partial charge in [0.25, 0.3) is 5.91 Å². The Morgan fingerprint density at radius 1 is 1.13 bits per heavy atom. The summed E-state index contributed by atoms with van der Waals surface area (Å²) in [6.45, 7) is 0.366. The van der Waals surface area contributed by atoms with Crippen molar-refractivity contribution in [1.29, 1.82) is 0 Å². The van der Waals surface area contributed by atoms with Crippen LogP contribution in [0.4, 0.5) is 0 Å². The molecule has 23 heavy (non-hydrogen) atoms. The van der Waals surface area contributed by atoms with Crippen molar-refractivity contribution in [3.8, 4) is 0 Å². The highest BCUT2D eigenvalue weighted by molar-refractivity contribution is 7.89. The molecule has 2 aromatic rings. The van der Waals surface area contributed by atoms with Gasteiger partial charge in [0.2, 0.25) is 10.0 Å². The van der Waals surface area contributed by atoms with Crippen molar-refractivity contribution in [2.45, 2.75) is 11.3 Å². The first-order chi connectivity index (χ1) is 10.8. The highest BCUT2D eigenvalue weighted by Crippen LogP contribution is 2.14. The van der Waals surface area contributed by atoms with Crippen molar-refractivity contribution >= 4 is 39.1 Å². The van der Waals surface area contributed by atoms with E-state index in [0.717, 1.165) is 5.56 Å². The molecule has 0 fully saturated rings. The molecule has 0 aliphatic rings. The number of pyridine rings is 1. The summed E-state index contributed by atoms with van der Waals surface area (Å²) in [4.78, 5) is 15.8. The van der Waals surface area contributed by atoms with Crippen LogP contribution in [-0.2, 0) is 16.4 Å². The number of hydrogen-bond donors (Lipinski definition) is 2. The van der Waals surface area contributed by atoms with Gasteiger partial charge in [0.15, 0.2) is 0 Å². The molecular formula is C14H13Cl2N3O3S. The summed E-state index contributed by atoms with van der Waals surface area (Å²) in [6.07, 6.45) is 0.531. The predicted octanol–water partition coefficient (Wildman–Crippen LogP) is 2.01. The fraction of sp³-hybridized carbons (Fsp3) is 0.143. The number of carbonyl (C=O) groups is 1. The summed E-state index contributed by atoms with van der Waals surface area (Å²) in [6, 6.07) is 8.98. The van der Waals surface area contributed by atoms with Crippen molar-refractivity contribution in [3.05, 3.63) is 57.8 Å². The van der Waals surface area contributed by atoms with E-state index in [1.807, 2.05) is 0 Å². The van der Waals surface area contributed by atoms with Gasteiger partial charge in [-0.15, -0.1) is 0 Å². The van der Waals surface area contributed by atoms with Crippen LogP contribution in [0.25, 0.3) is 0 Å². The highest BCUT2D eigenvalue weighted by atomic mass is 35.5. The smallest absolute Gasteiger partial charge is 0.251 e. The van der Waals surface area contributed by atoms with Crippen LogP contribution in [0.15, 0.2) is 41.3 Å². The van der Waals surface area contributed by atoms with Crippen LogP contribution in [0.1, 0.15) is 15.9 Å². The molecule has 0 bridgehead atoms. The number of aromatic nitrogens is 1. The van der Waals surface area contributed by atoms with Gasteiger partial charge in [0.05, 0.1) is 4.90 Å². The largest absolute Gasteiger partial charge is 0.352 e. The summed E-state index contributed by atoms with van der Waals surface area (Å²) < 4.78 is 22.3. The topological polar surface area (TPSA) is 102 Å². The Bertz CT molecular complexity index is 803. The molecule has 0 atom stereocenters. The highest BCUT2D eigenvalue weighted by Gasteiger charge is 2.09. The number of hydrogen-bond acceptors (Lipinski definition) is 4. The Balaban J connectivity index is 1.93. The molecule has 1 aromatic carbocycles. The molecule has 0 spiro atoms. The maximum atomic E-state index is 12.0. The number of amides is 1. The minimum Gasteiger partial charge on any atom is -0.352 e. The zero-order chi connectivity index (χ0) is 17.0. The monoisotopic (exact) mass is 373 g/mol. The third-order valence-electron chi connectivity index (χ3n) is 2.98. The van der Waals surface area contributed by atoms with Gasteiger partial charge < -0.3 is 5.32 Å². The predicted molar refractivity (Wildman–Crippen MR) is 88.1 cm³/mol. The van der Waals surface area contributed by atoms with Gasteiger partial charge in [-0.05, 0) is 36.2 Å². The first-order valence-corrected chi connectivity index (χ1v) is 8.79. The van der Waals surface area contributed by atoms with Crippen LogP contribution >= 0.6 is 23.2 Å². The second kappa shape index (κ2) is 7.27. The molecule has 1 heterocycles. The van der Waals surface area contributed by atoms with Crippen LogP contribution in [0.2, 0.25) is 10.3 Å². The fourth-order valence-electron chi connectivity index (χ4n) is 1.86. The standard InChI is InChI=1S/C14H13Cl2N3O3S/c15-12-7-10(8-13(16)19-12)14(20)18-6-5-9-1-3-11(4-2-9)23(17,21)22/h1-4,7-8H,5-6H2,(H,18,20)(H2,17,21,22). The molecule has 0 radical (unpaired) electrons. The zero-order valence-corrected chi connectivity index (χ0v) is 14.1. The summed E-state index contributed by atoms with van der Waals surface area (Å²) in [5.41, 5.74) is 1.18. The van der Waals surface area contributed by atoms with Gasteiger partial charge in [-0.2, -0.15) is 0 Å². The normalized spacial score (nSPS) is 11.3. The van der Waals surface area contributed by atoms with Crippen molar-refractivity contribution in [2.24, 2.45) is 5.14 Å². The van der Waals surface area contributed by atoms with Crippen molar-refractivity contribution in [1.82, 2.24) is 10.3 Å². The van der Waals surface area contributed by atoms with E-state index < -0.39 is 10.0 Å².